The molecule has 0 aliphatic heterocycles. The van der Waals surface area contributed by atoms with Crippen LogP contribution in [0, 0.1) is 0 Å². The topological polar surface area (TPSA) is 24.9 Å². The van der Waals surface area contributed by atoms with Gasteiger partial charge >= 0.3 is 6.18 Å². The summed E-state index contributed by atoms with van der Waals surface area (Å²) in [6.45, 7) is 0.627. The average Bonchev–Trinajstić information content (AvgIpc) is 2.61. The molecule has 0 amide bonds. The van der Waals surface area contributed by atoms with Gasteiger partial charge in [-0.1, -0.05) is 35.9 Å². The van der Waals surface area contributed by atoms with Crippen LogP contribution in [0.25, 0.3) is 11.3 Å². The molecule has 0 aliphatic carbocycles. The molecule has 2 aromatic carbocycles. The molecule has 1 N–H and O–H groups in total. The largest absolute Gasteiger partial charge is 0.417 e. The fraction of sp³-hybridized carbons (Fsp3) is 0.105. The first kappa shape index (κ1) is 17.3. The van der Waals surface area contributed by atoms with E-state index in [0.29, 0.717) is 17.3 Å². The van der Waals surface area contributed by atoms with Crippen molar-refractivity contribution in [1.29, 1.82) is 0 Å². The molecule has 0 saturated heterocycles. The molecular formula is C19H14ClF3N2. The Morgan fingerprint density at radius 1 is 0.880 bits per heavy atom. The predicted molar refractivity (Wildman–Crippen MR) is 93.5 cm³/mol. The molecule has 1 aromatic heterocycles. The summed E-state index contributed by atoms with van der Waals surface area (Å²) in [5, 5.41) is 3.95. The van der Waals surface area contributed by atoms with Gasteiger partial charge in [-0.15, -0.1) is 0 Å². The zero-order chi connectivity index (χ0) is 17.9. The van der Waals surface area contributed by atoms with E-state index in [9.17, 15) is 13.2 Å². The number of benzene rings is 2. The number of halogens is 4. The number of aromatic nitrogens is 1. The first-order valence-electron chi connectivity index (χ1n) is 7.54. The molecule has 0 aliphatic rings. The van der Waals surface area contributed by atoms with Gasteiger partial charge in [0.1, 0.15) is 0 Å². The lowest BCUT2D eigenvalue weighted by atomic mass is 10.1. The Balaban J connectivity index is 1.66. The summed E-state index contributed by atoms with van der Waals surface area (Å²) in [5.41, 5.74) is 2.53. The fourth-order valence-electron chi connectivity index (χ4n) is 2.30. The summed E-state index contributed by atoms with van der Waals surface area (Å²) in [4.78, 5) is 3.90. The SMILES string of the molecule is FC(F)(F)c1ccc(-c2ccc(CNc3ccc(Cl)cc3)cc2)nc1. The molecule has 0 fully saturated rings. The fourth-order valence-corrected chi connectivity index (χ4v) is 2.42. The van der Waals surface area contributed by atoms with Crippen molar-refractivity contribution in [2.45, 2.75) is 12.7 Å². The normalized spacial score (nSPS) is 11.4. The molecule has 3 rings (SSSR count). The highest BCUT2D eigenvalue weighted by molar-refractivity contribution is 6.30. The van der Waals surface area contributed by atoms with Crippen molar-refractivity contribution in [2.24, 2.45) is 0 Å². The third-order valence-corrected chi connectivity index (χ3v) is 3.93. The Morgan fingerprint density at radius 2 is 1.56 bits per heavy atom. The van der Waals surface area contributed by atoms with Crippen molar-refractivity contribution in [3.05, 3.63) is 83.0 Å². The average molecular weight is 363 g/mol. The van der Waals surface area contributed by atoms with Crippen LogP contribution in [0.2, 0.25) is 5.02 Å². The van der Waals surface area contributed by atoms with Crippen LogP contribution in [0.4, 0.5) is 18.9 Å². The Kier molecular flexibility index (Phi) is 4.95. The monoisotopic (exact) mass is 362 g/mol. The number of nitrogens with zero attached hydrogens (tertiary/aromatic N) is 1. The van der Waals surface area contributed by atoms with Crippen LogP contribution in [-0.4, -0.2) is 4.98 Å². The van der Waals surface area contributed by atoms with Crippen LogP contribution < -0.4 is 5.32 Å². The summed E-state index contributed by atoms with van der Waals surface area (Å²) in [7, 11) is 0. The summed E-state index contributed by atoms with van der Waals surface area (Å²) in [6, 6.07) is 17.3. The second kappa shape index (κ2) is 7.15. The standard InChI is InChI=1S/C19H14ClF3N2/c20-16-6-8-17(9-7-16)24-11-13-1-3-14(4-2-13)18-10-5-15(12-25-18)19(21,22)23/h1-10,12,24H,11H2. The van der Waals surface area contributed by atoms with E-state index in [2.05, 4.69) is 10.3 Å². The molecule has 0 bridgehead atoms. The maximum Gasteiger partial charge on any atom is 0.417 e. The summed E-state index contributed by atoms with van der Waals surface area (Å²) in [6.07, 6.45) is -3.52. The van der Waals surface area contributed by atoms with Gasteiger partial charge in [0.15, 0.2) is 0 Å². The van der Waals surface area contributed by atoms with Crippen LogP contribution in [0.15, 0.2) is 66.9 Å². The van der Waals surface area contributed by atoms with E-state index in [4.69, 9.17) is 11.6 Å². The van der Waals surface area contributed by atoms with Crippen molar-refractivity contribution in [3.8, 4) is 11.3 Å². The van der Waals surface area contributed by atoms with E-state index in [1.165, 1.54) is 6.07 Å². The maximum atomic E-state index is 12.6. The minimum Gasteiger partial charge on any atom is -0.381 e. The van der Waals surface area contributed by atoms with Gasteiger partial charge in [0.05, 0.1) is 11.3 Å². The number of hydrogen-bond donors (Lipinski definition) is 1. The summed E-state index contributed by atoms with van der Waals surface area (Å²) < 4.78 is 37.7. The van der Waals surface area contributed by atoms with Crippen LogP contribution in [0.5, 0.6) is 0 Å². The van der Waals surface area contributed by atoms with Crippen LogP contribution >= 0.6 is 11.6 Å². The molecule has 0 radical (unpaired) electrons. The molecule has 3 aromatic rings. The zero-order valence-electron chi connectivity index (χ0n) is 13.0. The number of nitrogens with one attached hydrogen (secondary N) is 1. The molecule has 0 saturated carbocycles. The van der Waals surface area contributed by atoms with Gasteiger partial charge in [0.2, 0.25) is 0 Å². The molecule has 1 heterocycles. The number of hydrogen-bond acceptors (Lipinski definition) is 2. The second-order valence-electron chi connectivity index (χ2n) is 5.49. The lowest BCUT2D eigenvalue weighted by molar-refractivity contribution is -0.137. The first-order valence-corrected chi connectivity index (χ1v) is 7.91. The third kappa shape index (κ3) is 4.51. The van der Waals surface area contributed by atoms with Gasteiger partial charge in [0.25, 0.3) is 0 Å². The lowest BCUT2D eigenvalue weighted by Gasteiger charge is -2.09. The quantitative estimate of drug-likeness (QED) is 0.612. The smallest absolute Gasteiger partial charge is 0.381 e. The van der Waals surface area contributed by atoms with Crippen LogP contribution in [0.3, 0.4) is 0 Å². The van der Waals surface area contributed by atoms with Gasteiger partial charge < -0.3 is 5.32 Å². The Morgan fingerprint density at radius 3 is 2.12 bits per heavy atom. The van der Waals surface area contributed by atoms with Gasteiger partial charge in [-0.25, -0.2) is 0 Å². The predicted octanol–water partition coefficient (Wildman–Crippen LogP) is 6.03. The van der Waals surface area contributed by atoms with Crippen molar-refractivity contribution in [1.82, 2.24) is 4.98 Å². The third-order valence-electron chi connectivity index (χ3n) is 3.68. The van der Waals surface area contributed by atoms with Gasteiger partial charge in [0, 0.05) is 29.0 Å². The molecule has 128 valence electrons. The highest BCUT2D eigenvalue weighted by Gasteiger charge is 2.30. The van der Waals surface area contributed by atoms with E-state index in [0.717, 1.165) is 29.1 Å². The van der Waals surface area contributed by atoms with Crippen LogP contribution in [-0.2, 0) is 12.7 Å². The van der Waals surface area contributed by atoms with Crippen molar-refractivity contribution >= 4 is 17.3 Å². The first-order chi connectivity index (χ1) is 11.9. The Hall–Kier alpha value is -2.53. The van der Waals surface area contributed by atoms with E-state index >= 15 is 0 Å². The Labute approximate surface area is 148 Å². The Bertz CT molecular complexity index is 827. The number of anilines is 1. The molecule has 0 atom stereocenters. The molecule has 6 heteroatoms. The van der Waals surface area contributed by atoms with Gasteiger partial charge in [-0.3, -0.25) is 4.98 Å². The maximum absolute atomic E-state index is 12.6. The molecule has 2 nitrogen and oxygen atoms in total. The van der Waals surface area contributed by atoms with Gasteiger partial charge in [-0.2, -0.15) is 13.2 Å². The highest BCUT2D eigenvalue weighted by Crippen LogP contribution is 2.29. The van der Waals surface area contributed by atoms with Crippen molar-refractivity contribution < 1.29 is 13.2 Å². The van der Waals surface area contributed by atoms with Crippen LogP contribution in [0.1, 0.15) is 11.1 Å². The highest BCUT2D eigenvalue weighted by atomic mass is 35.5. The minimum atomic E-state index is -4.37. The van der Waals surface area contributed by atoms with E-state index < -0.39 is 11.7 Å². The lowest BCUT2D eigenvalue weighted by Crippen LogP contribution is -2.05. The van der Waals surface area contributed by atoms with Crippen molar-refractivity contribution in [2.75, 3.05) is 5.32 Å². The summed E-state index contributed by atoms with van der Waals surface area (Å²) in [5.74, 6) is 0. The number of alkyl halides is 3. The van der Waals surface area contributed by atoms with Gasteiger partial charge in [-0.05, 0) is 42.0 Å². The molecule has 0 unspecified atom stereocenters. The van der Waals surface area contributed by atoms with Crippen molar-refractivity contribution in [3.63, 3.8) is 0 Å². The molecule has 25 heavy (non-hydrogen) atoms. The summed E-state index contributed by atoms with van der Waals surface area (Å²) >= 11 is 5.84. The van der Waals surface area contributed by atoms with E-state index in [1.807, 2.05) is 48.5 Å². The zero-order valence-corrected chi connectivity index (χ0v) is 13.8. The molecular weight excluding hydrogens is 349 g/mol. The minimum absolute atomic E-state index is 0.505. The molecule has 0 spiro atoms. The van der Waals surface area contributed by atoms with E-state index in [-0.39, 0.29) is 0 Å². The second-order valence-corrected chi connectivity index (χ2v) is 5.92. The van der Waals surface area contributed by atoms with E-state index in [1.54, 1.807) is 0 Å². The number of pyridine rings is 1. The number of rotatable bonds is 4.